The zero-order valence-corrected chi connectivity index (χ0v) is 17.7. The third-order valence-corrected chi connectivity index (χ3v) is 6.40. The molecule has 0 saturated carbocycles. The van der Waals surface area contributed by atoms with Crippen LogP contribution in [0.15, 0.2) is 30.5 Å². The van der Waals surface area contributed by atoms with Gasteiger partial charge < -0.3 is 19.9 Å². The van der Waals surface area contributed by atoms with Crippen LogP contribution in [0.5, 0.6) is 5.75 Å². The van der Waals surface area contributed by atoms with Gasteiger partial charge in [-0.2, -0.15) is 0 Å². The van der Waals surface area contributed by atoms with E-state index >= 15 is 0 Å². The van der Waals surface area contributed by atoms with E-state index in [2.05, 4.69) is 15.1 Å². The van der Waals surface area contributed by atoms with Crippen molar-refractivity contribution in [2.75, 3.05) is 32.4 Å². The first-order chi connectivity index (χ1) is 13.0. The highest BCUT2D eigenvalue weighted by molar-refractivity contribution is 7.99. The van der Waals surface area contributed by atoms with Gasteiger partial charge in [-0.3, -0.25) is 4.79 Å². The number of amides is 1. The monoisotopic (exact) mass is 429 g/mol. The molecule has 1 saturated heterocycles. The van der Waals surface area contributed by atoms with Crippen molar-refractivity contribution in [3.8, 4) is 5.75 Å². The molecule has 1 amide bonds. The number of piperidine rings is 1. The fraction of sp³-hybridized carbons (Fsp3) is 0.526. The molecule has 1 fully saturated rings. The summed E-state index contributed by atoms with van der Waals surface area (Å²) < 4.78 is 6.05. The van der Waals surface area contributed by atoms with Crippen LogP contribution in [0.3, 0.4) is 0 Å². The first-order valence-electron chi connectivity index (χ1n) is 9.16. The molecule has 5 nitrogen and oxygen atoms in total. The molecule has 148 valence electrons. The summed E-state index contributed by atoms with van der Waals surface area (Å²) in [5, 5.41) is 4.03. The van der Waals surface area contributed by atoms with Crippen LogP contribution >= 0.6 is 35.0 Å². The van der Waals surface area contributed by atoms with Gasteiger partial charge in [0.25, 0.3) is 0 Å². The van der Waals surface area contributed by atoms with E-state index in [0.717, 1.165) is 51.2 Å². The number of carbonyl (C=O) groups excluding carboxylic acids is 1. The quantitative estimate of drug-likeness (QED) is 0.713. The van der Waals surface area contributed by atoms with Gasteiger partial charge >= 0.3 is 0 Å². The molecule has 0 spiro atoms. The van der Waals surface area contributed by atoms with Crippen LogP contribution in [0.25, 0.3) is 0 Å². The Bertz CT molecular complexity index is 681. The number of hydrogen-bond acceptors (Lipinski definition) is 5. The summed E-state index contributed by atoms with van der Waals surface area (Å²) in [6.07, 6.45) is 8.81. The molecule has 1 atom stereocenters. The average molecular weight is 430 g/mol. The number of hydrogen-bond donors (Lipinski definition) is 1. The Balaban J connectivity index is 1.37. The number of benzene rings is 1. The molecule has 2 aliphatic rings. The molecule has 2 aliphatic heterocycles. The summed E-state index contributed by atoms with van der Waals surface area (Å²) in [5.41, 5.74) is 0.0350. The number of rotatable bonds is 7. The van der Waals surface area contributed by atoms with Crippen molar-refractivity contribution in [1.82, 2.24) is 15.1 Å². The van der Waals surface area contributed by atoms with Crippen LogP contribution < -0.4 is 10.1 Å². The number of nitrogens with one attached hydrogen (secondary N) is 1. The van der Waals surface area contributed by atoms with Crippen molar-refractivity contribution in [3.05, 3.63) is 40.5 Å². The molecule has 1 aromatic carbocycles. The van der Waals surface area contributed by atoms with Crippen molar-refractivity contribution >= 4 is 40.9 Å². The van der Waals surface area contributed by atoms with Crippen molar-refractivity contribution in [2.45, 2.75) is 30.9 Å². The van der Waals surface area contributed by atoms with Gasteiger partial charge in [-0.05, 0) is 44.2 Å². The summed E-state index contributed by atoms with van der Waals surface area (Å²) in [6, 6.07) is 5.42. The smallest absolute Gasteiger partial charge is 0.247 e. The average Bonchev–Trinajstić information content (AvgIpc) is 2.67. The number of nitrogens with zero attached hydrogens (tertiary/aromatic N) is 2. The zero-order chi connectivity index (χ0) is 19.2. The Kier molecular flexibility index (Phi) is 7.58. The largest absolute Gasteiger partial charge is 0.490 e. The summed E-state index contributed by atoms with van der Waals surface area (Å²) in [5.74, 6) is 0.763. The van der Waals surface area contributed by atoms with Gasteiger partial charge in [-0.15, -0.1) is 11.8 Å². The summed E-state index contributed by atoms with van der Waals surface area (Å²) in [6.45, 7) is 4.05. The van der Waals surface area contributed by atoms with Crippen molar-refractivity contribution < 1.29 is 9.53 Å². The number of carbonyl (C=O) groups is 1. The third kappa shape index (κ3) is 5.95. The van der Waals surface area contributed by atoms with Gasteiger partial charge in [0.05, 0.1) is 10.0 Å². The van der Waals surface area contributed by atoms with E-state index in [0.29, 0.717) is 10.0 Å². The summed E-state index contributed by atoms with van der Waals surface area (Å²) in [4.78, 5) is 16.1. The number of halogens is 2. The molecule has 1 N–H and O–H groups in total. The minimum Gasteiger partial charge on any atom is -0.490 e. The van der Waals surface area contributed by atoms with E-state index in [4.69, 9.17) is 27.9 Å². The van der Waals surface area contributed by atoms with E-state index < -0.39 is 0 Å². The molecule has 0 radical (unpaired) electrons. The van der Waals surface area contributed by atoms with Crippen molar-refractivity contribution in [1.29, 1.82) is 0 Å². The molecule has 27 heavy (non-hydrogen) atoms. The predicted octanol–water partition coefficient (Wildman–Crippen LogP) is 3.82. The zero-order valence-electron chi connectivity index (χ0n) is 15.4. The number of likely N-dealkylation sites (tertiary alicyclic amines) is 1. The molecule has 8 heteroatoms. The first kappa shape index (κ1) is 20.6. The second-order valence-corrected chi connectivity index (χ2v) is 8.47. The normalized spacial score (nSPS) is 21.4. The van der Waals surface area contributed by atoms with Crippen molar-refractivity contribution in [3.63, 3.8) is 0 Å². The fourth-order valence-electron chi connectivity index (χ4n) is 3.35. The molecule has 0 bridgehead atoms. The Morgan fingerprint density at radius 1 is 1.22 bits per heavy atom. The van der Waals surface area contributed by atoms with E-state index in [1.165, 1.54) is 0 Å². The fourth-order valence-corrected chi connectivity index (χ4v) is 4.32. The molecule has 0 aliphatic carbocycles. The van der Waals surface area contributed by atoms with Gasteiger partial charge in [0.1, 0.15) is 17.4 Å². The van der Waals surface area contributed by atoms with Crippen LogP contribution in [0.2, 0.25) is 10.0 Å². The topological polar surface area (TPSA) is 44.8 Å². The highest BCUT2D eigenvalue weighted by atomic mass is 35.5. The van der Waals surface area contributed by atoms with Gasteiger partial charge in [-0.1, -0.05) is 23.2 Å². The molecular formula is C19H25Cl2N3O2S. The molecule has 0 aromatic heterocycles. The maximum absolute atomic E-state index is 11.4. The van der Waals surface area contributed by atoms with Gasteiger partial charge in [0.15, 0.2) is 0 Å². The Morgan fingerprint density at radius 3 is 2.70 bits per heavy atom. The lowest BCUT2D eigenvalue weighted by molar-refractivity contribution is -0.118. The maximum atomic E-state index is 11.4. The van der Waals surface area contributed by atoms with Gasteiger partial charge in [0, 0.05) is 38.0 Å². The van der Waals surface area contributed by atoms with Crippen LogP contribution in [0.1, 0.15) is 19.3 Å². The van der Waals surface area contributed by atoms with Crippen LogP contribution in [-0.4, -0.2) is 59.7 Å². The first-order valence-corrected chi connectivity index (χ1v) is 11.2. The molecule has 1 unspecified atom stereocenters. The summed E-state index contributed by atoms with van der Waals surface area (Å²) in [7, 11) is 0. The van der Waals surface area contributed by atoms with Gasteiger partial charge in [-0.25, -0.2) is 0 Å². The molecule has 1 aromatic rings. The third-order valence-electron chi connectivity index (χ3n) is 4.83. The molecule has 3 rings (SSSR count). The lowest BCUT2D eigenvalue weighted by Gasteiger charge is -2.35. The minimum absolute atomic E-state index is 0.0188. The van der Waals surface area contributed by atoms with Crippen molar-refractivity contribution in [2.24, 2.45) is 0 Å². The Hall–Kier alpha value is -1.08. The summed E-state index contributed by atoms with van der Waals surface area (Å²) >= 11 is 13.6. The second kappa shape index (κ2) is 9.92. The maximum Gasteiger partial charge on any atom is 0.247 e. The second-order valence-electron chi connectivity index (χ2n) is 6.74. The highest BCUT2D eigenvalue weighted by Crippen LogP contribution is 2.28. The van der Waals surface area contributed by atoms with Gasteiger partial charge in [0.2, 0.25) is 5.91 Å². The lowest BCUT2D eigenvalue weighted by Crippen LogP contribution is -2.47. The van der Waals surface area contributed by atoms with E-state index in [1.807, 2.05) is 18.5 Å². The van der Waals surface area contributed by atoms with E-state index in [9.17, 15) is 4.79 Å². The SMILES string of the molecule is CSC1NC(=O)C=CN1CCCN1CCC(Oc2ccc(Cl)c(Cl)c2)CC1. The molecule has 2 heterocycles. The van der Waals surface area contributed by atoms with E-state index in [-0.39, 0.29) is 17.5 Å². The Morgan fingerprint density at radius 2 is 2.00 bits per heavy atom. The number of ether oxygens (including phenoxy) is 1. The van der Waals surface area contributed by atoms with Crippen LogP contribution in [0, 0.1) is 0 Å². The predicted molar refractivity (Wildman–Crippen MR) is 112 cm³/mol. The highest BCUT2D eigenvalue weighted by Gasteiger charge is 2.22. The van der Waals surface area contributed by atoms with Crippen LogP contribution in [0.4, 0.5) is 0 Å². The number of thioether (sulfide) groups is 1. The van der Waals surface area contributed by atoms with Crippen LogP contribution in [-0.2, 0) is 4.79 Å². The Labute approximate surface area is 175 Å². The molecular weight excluding hydrogens is 405 g/mol. The lowest BCUT2D eigenvalue weighted by atomic mass is 10.1. The van der Waals surface area contributed by atoms with E-state index in [1.54, 1.807) is 30.0 Å². The minimum atomic E-state index is -0.0188. The standard InChI is InChI=1S/C19H25Cl2N3O2S/c1-27-19-22-18(25)7-12-24(19)9-2-8-23-10-5-14(6-11-23)26-15-3-4-16(20)17(21)13-15/h3-4,7,12-14,19H,2,5-6,8-11H2,1H3,(H,22,25).